The SMILES string of the molecule is COc1cc(C(=O)N(C)c2ccccc2N2CCN(C)CC2)ccc1NC(=O)c1cccc2[nH]c(C)nc12.Cl.Cl. The summed E-state index contributed by atoms with van der Waals surface area (Å²) < 4.78 is 5.56. The van der Waals surface area contributed by atoms with E-state index < -0.39 is 0 Å². The third kappa shape index (κ3) is 6.17. The third-order valence-corrected chi connectivity index (χ3v) is 6.96. The molecule has 0 aliphatic carbocycles. The molecule has 9 nitrogen and oxygen atoms in total. The van der Waals surface area contributed by atoms with Crippen molar-refractivity contribution < 1.29 is 14.3 Å². The molecule has 1 aliphatic heterocycles. The Morgan fingerprint density at radius 3 is 2.45 bits per heavy atom. The number of nitrogens with zero attached hydrogens (tertiary/aromatic N) is 4. The molecule has 0 bridgehead atoms. The molecule has 5 rings (SSSR count). The monoisotopic (exact) mass is 584 g/mol. The van der Waals surface area contributed by atoms with Gasteiger partial charge in [-0.1, -0.05) is 18.2 Å². The molecule has 0 unspecified atom stereocenters. The summed E-state index contributed by atoms with van der Waals surface area (Å²) in [5.41, 5.74) is 4.67. The summed E-state index contributed by atoms with van der Waals surface area (Å²) >= 11 is 0. The Hall–Kier alpha value is -3.79. The van der Waals surface area contributed by atoms with Crippen molar-refractivity contribution in [1.29, 1.82) is 0 Å². The number of para-hydroxylation sites is 3. The molecule has 212 valence electrons. The number of H-pyrrole nitrogens is 1. The van der Waals surface area contributed by atoms with Crippen molar-refractivity contribution in [2.75, 3.05) is 62.5 Å². The van der Waals surface area contributed by atoms with Crippen LogP contribution in [0.4, 0.5) is 17.1 Å². The number of hydrogen-bond donors (Lipinski definition) is 2. The number of aromatic nitrogens is 2. The number of amides is 2. The van der Waals surface area contributed by atoms with E-state index >= 15 is 0 Å². The number of anilines is 3. The maximum atomic E-state index is 13.5. The average Bonchev–Trinajstić information content (AvgIpc) is 3.33. The van der Waals surface area contributed by atoms with E-state index in [1.165, 1.54) is 7.11 Å². The van der Waals surface area contributed by atoms with Gasteiger partial charge in [-0.3, -0.25) is 9.59 Å². The average molecular weight is 586 g/mol. The van der Waals surface area contributed by atoms with Crippen LogP contribution in [0.3, 0.4) is 0 Å². The summed E-state index contributed by atoms with van der Waals surface area (Å²) in [6.07, 6.45) is 0. The maximum absolute atomic E-state index is 13.5. The van der Waals surface area contributed by atoms with Gasteiger partial charge < -0.3 is 29.7 Å². The summed E-state index contributed by atoms with van der Waals surface area (Å²) in [7, 11) is 5.42. The second-order valence-corrected chi connectivity index (χ2v) is 9.54. The van der Waals surface area contributed by atoms with E-state index in [9.17, 15) is 9.59 Å². The van der Waals surface area contributed by atoms with Gasteiger partial charge in [-0.05, 0) is 56.4 Å². The summed E-state index contributed by atoms with van der Waals surface area (Å²) in [6.45, 7) is 5.61. The van der Waals surface area contributed by atoms with Crippen LogP contribution in [0.5, 0.6) is 5.75 Å². The van der Waals surface area contributed by atoms with Crippen molar-refractivity contribution in [3.05, 3.63) is 77.6 Å². The Kier molecular flexibility index (Phi) is 10.0. The molecule has 2 N–H and O–H groups in total. The van der Waals surface area contributed by atoms with Crippen molar-refractivity contribution >= 4 is 64.7 Å². The van der Waals surface area contributed by atoms with Crippen LogP contribution >= 0.6 is 24.8 Å². The van der Waals surface area contributed by atoms with Gasteiger partial charge in [0, 0.05) is 38.8 Å². The van der Waals surface area contributed by atoms with Gasteiger partial charge in [0.25, 0.3) is 11.8 Å². The van der Waals surface area contributed by atoms with Gasteiger partial charge in [0.2, 0.25) is 0 Å². The Bertz CT molecular complexity index is 1500. The second-order valence-electron chi connectivity index (χ2n) is 9.54. The number of rotatable bonds is 6. The molecule has 0 saturated carbocycles. The number of hydrogen-bond acceptors (Lipinski definition) is 6. The van der Waals surface area contributed by atoms with E-state index in [0.29, 0.717) is 28.1 Å². The number of carbonyl (C=O) groups excluding carboxylic acids is 2. The van der Waals surface area contributed by atoms with Crippen molar-refractivity contribution in [1.82, 2.24) is 14.9 Å². The molecule has 1 aliphatic rings. The first-order valence-electron chi connectivity index (χ1n) is 12.6. The zero-order valence-corrected chi connectivity index (χ0v) is 24.6. The number of benzene rings is 3. The molecular weight excluding hydrogens is 551 g/mol. The fourth-order valence-electron chi connectivity index (χ4n) is 4.82. The number of halogens is 2. The molecule has 1 saturated heterocycles. The number of carbonyl (C=O) groups is 2. The van der Waals surface area contributed by atoms with Gasteiger partial charge in [-0.15, -0.1) is 24.8 Å². The predicted molar refractivity (Wildman–Crippen MR) is 165 cm³/mol. The normalized spacial score (nSPS) is 13.2. The third-order valence-electron chi connectivity index (χ3n) is 6.96. The minimum Gasteiger partial charge on any atom is -0.495 e. The highest BCUT2D eigenvalue weighted by molar-refractivity contribution is 6.12. The molecule has 2 amide bonds. The number of methoxy groups -OCH3 is 1. The molecule has 4 aromatic rings. The largest absolute Gasteiger partial charge is 0.495 e. The number of piperazine rings is 1. The highest BCUT2D eigenvalue weighted by atomic mass is 35.5. The number of imidazole rings is 1. The van der Waals surface area contributed by atoms with Gasteiger partial charge in [0.1, 0.15) is 17.1 Å². The van der Waals surface area contributed by atoms with Gasteiger partial charge in [-0.25, -0.2) is 4.98 Å². The van der Waals surface area contributed by atoms with Crippen LogP contribution in [0.1, 0.15) is 26.5 Å². The predicted octanol–water partition coefficient (Wildman–Crippen LogP) is 5.00. The van der Waals surface area contributed by atoms with E-state index in [1.807, 2.05) is 37.3 Å². The number of fused-ring (bicyclic) bond motifs is 1. The zero-order chi connectivity index (χ0) is 26.8. The lowest BCUT2D eigenvalue weighted by Gasteiger charge is -2.36. The standard InChI is InChI=1S/C29H32N6O3.2ClH/c1-19-30-23-9-7-8-21(27(23)31-19)28(36)32-22-13-12-20(18-26(22)38-4)29(37)34(3)24-10-5-6-11-25(24)35-16-14-33(2)15-17-35;;/h5-13,18H,14-17H2,1-4H3,(H,30,31)(H,32,36);2*1H. The van der Waals surface area contributed by atoms with Crippen LogP contribution in [0.2, 0.25) is 0 Å². The zero-order valence-electron chi connectivity index (χ0n) is 22.9. The lowest BCUT2D eigenvalue weighted by molar-refractivity contribution is 0.0991. The van der Waals surface area contributed by atoms with E-state index in [-0.39, 0.29) is 36.6 Å². The Morgan fingerprint density at radius 1 is 1.00 bits per heavy atom. The summed E-state index contributed by atoms with van der Waals surface area (Å²) in [6, 6.07) is 18.4. The van der Waals surface area contributed by atoms with Crippen molar-refractivity contribution in [2.45, 2.75) is 6.92 Å². The van der Waals surface area contributed by atoms with Gasteiger partial charge in [0.15, 0.2) is 0 Å². The molecule has 40 heavy (non-hydrogen) atoms. The first-order chi connectivity index (χ1) is 18.4. The number of ether oxygens (including phenoxy) is 1. The minimum atomic E-state index is -0.308. The van der Waals surface area contributed by atoms with Gasteiger partial charge in [0.05, 0.1) is 35.3 Å². The molecule has 2 heterocycles. The van der Waals surface area contributed by atoms with Crippen molar-refractivity contribution in [3.63, 3.8) is 0 Å². The molecule has 11 heteroatoms. The number of aryl methyl sites for hydroxylation is 1. The summed E-state index contributed by atoms with van der Waals surface area (Å²) in [5, 5.41) is 2.91. The Labute approximate surface area is 246 Å². The summed E-state index contributed by atoms with van der Waals surface area (Å²) in [5.74, 6) is 0.659. The highest BCUT2D eigenvalue weighted by Crippen LogP contribution is 2.32. The van der Waals surface area contributed by atoms with Crippen LogP contribution in [0.25, 0.3) is 11.0 Å². The molecule has 1 fully saturated rings. The topological polar surface area (TPSA) is 93.8 Å². The molecule has 0 spiro atoms. The van der Waals surface area contributed by atoms with Crippen molar-refractivity contribution in [2.24, 2.45) is 0 Å². The summed E-state index contributed by atoms with van der Waals surface area (Å²) in [4.78, 5) is 40.6. The Morgan fingerprint density at radius 2 is 1.73 bits per heavy atom. The number of likely N-dealkylation sites (N-methyl/N-ethyl adjacent to an activating group) is 1. The minimum absolute atomic E-state index is 0. The smallest absolute Gasteiger partial charge is 0.258 e. The quantitative estimate of drug-likeness (QED) is 0.331. The highest BCUT2D eigenvalue weighted by Gasteiger charge is 2.23. The fraction of sp³-hybridized carbons (Fsp3) is 0.276. The van der Waals surface area contributed by atoms with E-state index in [4.69, 9.17) is 4.74 Å². The van der Waals surface area contributed by atoms with Crippen LogP contribution in [0.15, 0.2) is 60.7 Å². The number of aromatic amines is 1. The molecular formula is C29H34Cl2N6O3. The second kappa shape index (κ2) is 13.0. The van der Waals surface area contributed by atoms with Crippen LogP contribution < -0.4 is 19.9 Å². The molecule has 1 aromatic heterocycles. The van der Waals surface area contributed by atoms with Crippen LogP contribution in [-0.4, -0.2) is 74.1 Å². The fourth-order valence-corrected chi connectivity index (χ4v) is 4.82. The van der Waals surface area contributed by atoms with E-state index in [0.717, 1.165) is 48.9 Å². The van der Waals surface area contributed by atoms with E-state index in [1.54, 1.807) is 36.2 Å². The van der Waals surface area contributed by atoms with Crippen LogP contribution in [-0.2, 0) is 0 Å². The Balaban J connectivity index is 0.00000220. The lowest BCUT2D eigenvalue weighted by Crippen LogP contribution is -2.45. The van der Waals surface area contributed by atoms with Crippen LogP contribution in [0, 0.1) is 6.92 Å². The van der Waals surface area contributed by atoms with Crippen molar-refractivity contribution in [3.8, 4) is 5.75 Å². The maximum Gasteiger partial charge on any atom is 0.258 e. The molecule has 0 radical (unpaired) electrons. The van der Waals surface area contributed by atoms with Gasteiger partial charge in [-0.2, -0.15) is 0 Å². The first kappa shape index (κ1) is 30.7. The molecule has 0 atom stereocenters. The number of nitrogens with one attached hydrogen (secondary N) is 2. The first-order valence-corrected chi connectivity index (χ1v) is 12.6. The van der Waals surface area contributed by atoms with Gasteiger partial charge >= 0.3 is 0 Å². The molecule has 3 aromatic carbocycles. The lowest BCUT2D eigenvalue weighted by atomic mass is 10.1. The van der Waals surface area contributed by atoms with E-state index in [2.05, 4.69) is 38.2 Å².